The molecule has 1 fully saturated rings. The second kappa shape index (κ2) is 3.35. The van der Waals surface area contributed by atoms with E-state index in [-0.39, 0.29) is 5.28 Å². The van der Waals surface area contributed by atoms with Crippen molar-refractivity contribution in [3.8, 4) is 0 Å². The Balaban J connectivity index is 2.13. The van der Waals surface area contributed by atoms with Crippen LogP contribution in [-0.4, -0.2) is 16.0 Å². The first-order valence-corrected chi connectivity index (χ1v) is 5.61. The van der Waals surface area contributed by atoms with E-state index in [0.717, 1.165) is 10.3 Å². The number of nitrogens with one attached hydrogen (secondary N) is 1. The van der Waals surface area contributed by atoms with Crippen LogP contribution in [0, 0.1) is 5.41 Å². The van der Waals surface area contributed by atoms with Crippen molar-refractivity contribution in [2.75, 3.05) is 5.32 Å². The van der Waals surface area contributed by atoms with Gasteiger partial charge in [-0.05, 0) is 39.4 Å². The first kappa shape index (κ1) is 10.2. The van der Waals surface area contributed by atoms with Crippen molar-refractivity contribution in [1.82, 2.24) is 9.97 Å². The number of rotatable bonds is 2. The Morgan fingerprint density at radius 1 is 1.64 bits per heavy atom. The molecule has 14 heavy (non-hydrogen) atoms. The summed E-state index contributed by atoms with van der Waals surface area (Å²) in [6, 6.07) is 0.491. The van der Waals surface area contributed by atoms with Crippen molar-refractivity contribution < 1.29 is 0 Å². The summed E-state index contributed by atoms with van der Waals surface area (Å²) >= 11 is 9.09. The Morgan fingerprint density at radius 2 is 2.29 bits per heavy atom. The molecule has 1 N–H and O–H groups in total. The van der Waals surface area contributed by atoms with Gasteiger partial charge in [0, 0.05) is 12.2 Å². The molecule has 0 amide bonds. The van der Waals surface area contributed by atoms with Gasteiger partial charge in [0.05, 0.1) is 4.47 Å². The van der Waals surface area contributed by atoms with Crippen LogP contribution in [0.1, 0.15) is 20.3 Å². The average Bonchev–Trinajstić information content (AvgIpc) is 2.67. The molecule has 2 rings (SSSR count). The fraction of sp³-hybridized carbons (Fsp3) is 0.556. The van der Waals surface area contributed by atoms with Crippen LogP contribution in [-0.2, 0) is 0 Å². The zero-order chi connectivity index (χ0) is 10.3. The van der Waals surface area contributed by atoms with Gasteiger partial charge in [-0.1, -0.05) is 13.8 Å². The van der Waals surface area contributed by atoms with Gasteiger partial charge >= 0.3 is 0 Å². The van der Waals surface area contributed by atoms with Crippen molar-refractivity contribution in [3.05, 3.63) is 16.0 Å². The van der Waals surface area contributed by atoms with Crippen molar-refractivity contribution >= 4 is 33.3 Å². The molecular formula is C9H11BrClN3. The molecule has 0 bridgehead atoms. The van der Waals surface area contributed by atoms with E-state index < -0.39 is 0 Å². The van der Waals surface area contributed by atoms with Crippen molar-refractivity contribution in [2.24, 2.45) is 5.41 Å². The molecule has 1 heterocycles. The Bertz CT molecular complexity index is 367. The molecule has 1 unspecified atom stereocenters. The number of hydrogen-bond acceptors (Lipinski definition) is 3. The smallest absolute Gasteiger partial charge is 0.224 e. The van der Waals surface area contributed by atoms with Crippen LogP contribution in [0.3, 0.4) is 0 Å². The van der Waals surface area contributed by atoms with Crippen molar-refractivity contribution in [2.45, 2.75) is 26.3 Å². The second-order valence-corrected chi connectivity index (χ2v) is 5.42. The third-order valence-corrected chi connectivity index (χ3v) is 3.30. The maximum absolute atomic E-state index is 5.71. The molecule has 76 valence electrons. The SMILES string of the molecule is CC1(C)CC1Nc1nc(Cl)ncc1Br. The third kappa shape index (κ3) is 2.01. The normalized spacial score (nSPS) is 23.3. The number of hydrogen-bond donors (Lipinski definition) is 1. The lowest BCUT2D eigenvalue weighted by Crippen LogP contribution is -2.10. The van der Waals surface area contributed by atoms with E-state index >= 15 is 0 Å². The number of anilines is 1. The lowest BCUT2D eigenvalue weighted by Gasteiger charge is -2.08. The lowest BCUT2D eigenvalue weighted by atomic mass is 10.2. The largest absolute Gasteiger partial charge is 0.366 e. The fourth-order valence-corrected chi connectivity index (χ4v) is 1.76. The van der Waals surface area contributed by atoms with Gasteiger partial charge in [0.25, 0.3) is 0 Å². The second-order valence-electron chi connectivity index (χ2n) is 4.23. The first-order chi connectivity index (χ1) is 6.49. The van der Waals surface area contributed by atoms with E-state index in [2.05, 4.69) is 45.1 Å². The van der Waals surface area contributed by atoms with Crippen LogP contribution in [0.15, 0.2) is 10.7 Å². The predicted molar refractivity (Wildman–Crippen MR) is 60.6 cm³/mol. The van der Waals surface area contributed by atoms with Gasteiger partial charge in [0.2, 0.25) is 5.28 Å². The molecule has 3 nitrogen and oxygen atoms in total. The summed E-state index contributed by atoms with van der Waals surface area (Å²) in [6.07, 6.45) is 2.83. The highest BCUT2D eigenvalue weighted by Crippen LogP contribution is 2.46. The van der Waals surface area contributed by atoms with Gasteiger partial charge in [-0.25, -0.2) is 4.98 Å². The van der Waals surface area contributed by atoms with Crippen LogP contribution in [0.2, 0.25) is 5.28 Å². The summed E-state index contributed by atoms with van der Waals surface area (Å²) in [5, 5.41) is 3.61. The summed E-state index contributed by atoms with van der Waals surface area (Å²) in [4.78, 5) is 7.99. The molecule has 1 aromatic rings. The van der Waals surface area contributed by atoms with E-state index in [4.69, 9.17) is 11.6 Å². The van der Waals surface area contributed by atoms with Crippen LogP contribution < -0.4 is 5.32 Å². The molecular weight excluding hydrogens is 265 g/mol. The zero-order valence-corrected chi connectivity index (χ0v) is 10.4. The Hall–Kier alpha value is -0.350. The maximum atomic E-state index is 5.71. The number of halogens is 2. The molecule has 1 aliphatic rings. The standard InChI is InChI=1S/C9H11BrClN3/c1-9(2)3-6(9)13-7-5(10)4-12-8(11)14-7/h4,6H,3H2,1-2H3,(H,12,13,14). The van der Waals surface area contributed by atoms with Gasteiger partial charge in [0.15, 0.2) is 0 Å². The molecule has 5 heteroatoms. The average molecular weight is 277 g/mol. The molecule has 0 aliphatic heterocycles. The van der Waals surface area contributed by atoms with Crippen LogP contribution >= 0.6 is 27.5 Å². The third-order valence-electron chi connectivity index (χ3n) is 2.54. The molecule has 0 spiro atoms. The van der Waals surface area contributed by atoms with Crippen molar-refractivity contribution in [1.29, 1.82) is 0 Å². The highest BCUT2D eigenvalue weighted by Gasteiger charge is 2.46. The van der Waals surface area contributed by atoms with Crippen LogP contribution in [0.25, 0.3) is 0 Å². The van der Waals surface area contributed by atoms with Gasteiger partial charge in [-0.15, -0.1) is 0 Å². The Morgan fingerprint density at radius 3 is 2.86 bits per heavy atom. The van der Waals surface area contributed by atoms with Gasteiger partial charge < -0.3 is 5.32 Å². The van der Waals surface area contributed by atoms with Crippen molar-refractivity contribution in [3.63, 3.8) is 0 Å². The molecule has 0 saturated heterocycles. The van der Waals surface area contributed by atoms with E-state index in [1.807, 2.05) is 0 Å². The molecule has 1 aromatic heterocycles. The Labute approximate surface area is 96.4 Å². The summed E-state index contributed by atoms with van der Waals surface area (Å²) in [7, 11) is 0. The number of nitrogens with zero attached hydrogens (tertiary/aromatic N) is 2. The summed E-state index contributed by atoms with van der Waals surface area (Å²) in [5.41, 5.74) is 0.372. The molecule has 0 aromatic carbocycles. The van der Waals surface area contributed by atoms with Gasteiger partial charge in [-0.3, -0.25) is 0 Å². The summed E-state index contributed by atoms with van der Waals surface area (Å²) in [6.45, 7) is 4.45. The Kier molecular flexibility index (Phi) is 2.43. The summed E-state index contributed by atoms with van der Waals surface area (Å²) in [5.74, 6) is 0.778. The summed E-state index contributed by atoms with van der Waals surface area (Å²) < 4.78 is 0.851. The van der Waals surface area contributed by atoms with Gasteiger partial charge in [-0.2, -0.15) is 4.98 Å². The predicted octanol–water partition coefficient (Wildman–Crippen LogP) is 3.10. The number of aromatic nitrogens is 2. The topological polar surface area (TPSA) is 37.8 Å². The van der Waals surface area contributed by atoms with E-state index in [0.29, 0.717) is 11.5 Å². The minimum absolute atomic E-state index is 0.272. The van der Waals surface area contributed by atoms with Crippen LogP contribution in [0.4, 0.5) is 5.82 Å². The quantitative estimate of drug-likeness (QED) is 0.844. The molecule has 1 aliphatic carbocycles. The highest BCUT2D eigenvalue weighted by atomic mass is 79.9. The first-order valence-electron chi connectivity index (χ1n) is 4.43. The van der Waals surface area contributed by atoms with E-state index in [1.54, 1.807) is 6.20 Å². The minimum Gasteiger partial charge on any atom is -0.366 e. The minimum atomic E-state index is 0.272. The molecule has 1 atom stereocenters. The van der Waals surface area contributed by atoms with Crippen LogP contribution in [0.5, 0.6) is 0 Å². The maximum Gasteiger partial charge on any atom is 0.224 e. The zero-order valence-electron chi connectivity index (χ0n) is 8.01. The monoisotopic (exact) mass is 275 g/mol. The molecule has 1 saturated carbocycles. The van der Waals surface area contributed by atoms with Gasteiger partial charge in [0.1, 0.15) is 5.82 Å². The highest BCUT2D eigenvalue weighted by molar-refractivity contribution is 9.10. The molecule has 0 radical (unpaired) electrons. The van der Waals surface area contributed by atoms with E-state index in [1.165, 1.54) is 6.42 Å². The lowest BCUT2D eigenvalue weighted by molar-refractivity contribution is 0.629. The van der Waals surface area contributed by atoms with E-state index in [9.17, 15) is 0 Å². The fourth-order valence-electron chi connectivity index (χ4n) is 1.33.